The highest BCUT2D eigenvalue weighted by molar-refractivity contribution is 5.84. The van der Waals surface area contributed by atoms with E-state index < -0.39 is 5.67 Å². The highest BCUT2D eigenvalue weighted by Gasteiger charge is 2.35. The van der Waals surface area contributed by atoms with Crippen LogP contribution in [-0.2, 0) is 6.42 Å². The molecule has 1 aliphatic heterocycles. The van der Waals surface area contributed by atoms with Gasteiger partial charge in [-0.05, 0) is 25.0 Å². The maximum absolute atomic E-state index is 14.2. The van der Waals surface area contributed by atoms with E-state index >= 15 is 0 Å². The molecule has 0 saturated carbocycles. The van der Waals surface area contributed by atoms with Crippen LogP contribution in [0, 0.1) is 0 Å². The van der Waals surface area contributed by atoms with Crippen LogP contribution in [0.15, 0.2) is 36.4 Å². The van der Waals surface area contributed by atoms with Crippen LogP contribution in [0.25, 0.3) is 11.1 Å². The van der Waals surface area contributed by atoms with Gasteiger partial charge in [0.1, 0.15) is 5.67 Å². The van der Waals surface area contributed by atoms with E-state index in [1.807, 2.05) is 41.3 Å². The quantitative estimate of drug-likeness (QED) is 0.936. The number of halogens is 1. The molecule has 0 radical (unpaired) electrons. The van der Waals surface area contributed by atoms with E-state index in [0.29, 0.717) is 25.2 Å². The van der Waals surface area contributed by atoms with Crippen molar-refractivity contribution < 1.29 is 4.39 Å². The summed E-state index contributed by atoms with van der Waals surface area (Å²) in [6, 6.07) is 12.1. The van der Waals surface area contributed by atoms with Crippen molar-refractivity contribution in [2.75, 3.05) is 23.7 Å². The molecule has 0 amide bonds. The number of alkyl halides is 1. The Morgan fingerprint density at radius 2 is 2.05 bits per heavy atom. The lowest BCUT2D eigenvalue weighted by Crippen LogP contribution is -2.27. The second-order valence-electron chi connectivity index (χ2n) is 6.20. The van der Waals surface area contributed by atoms with Gasteiger partial charge in [-0.3, -0.25) is 0 Å². The fourth-order valence-corrected chi connectivity index (χ4v) is 2.98. The van der Waals surface area contributed by atoms with Crippen molar-refractivity contribution in [1.82, 2.24) is 4.98 Å². The van der Waals surface area contributed by atoms with Crippen molar-refractivity contribution in [2.45, 2.75) is 32.4 Å². The van der Waals surface area contributed by atoms with Gasteiger partial charge in [0.2, 0.25) is 0 Å². The van der Waals surface area contributed by atoms with Crippen LogP contribution < -0.4 is 10.6 Å². The van der Waals surface area contributed by atoms with Crippen molar-refractivity contribution >= 4 is 11.5 Å². The Morgan fingerprint density at radius 3 is 2.64 bits per heavy atom. The molecule has 3 nitrogen and oxygen atoms in total. The van der Waals surface area contributed by atoms with Crippen molar-refractivity contribution in [3.05, 3.63) is 42.1 Å². The fraction of sp³-hybridized carbons (Fsp3) is 0.389. The van der Waals surface area contributed by atoms with Gasteiger partial charge in [-0.25, -0.2) is 9.37 Å². The lowest BCUT2D eigenvalue weighted by atomic mass is 10.0. The molecule has 1 aromatic carbocycles. The number of aryl methyl sites for hydroxylation is 1. The van der Waals surface area contributed by atoms with Gasteiger partial charge >= 0.3 is 0 Å². The number of anilines is 2. The molecule has 4 heteroatoms. The summed E-state index contributed by atoms with van der Waals surface area (Å²) in [7, 11) is 0. The van der Waals surface area contributed by atoms with Gasteiger partial charge in [0.15, 0.2) is 5.82 Å². The molecular formula is C18H22FN3. The molecule has 0 spiro atoms. The zero-order valence-corrected chi connectivity index (χ0v) is 13.1. The number of nitrogens with zero attached hydrogens (tertiary/aromatic N) is 2. The Kier molecular flexibility index (Phi) is 3.77. The first-order chi connectivity index (χ1) is 10.5. The minimum Gasteiger partial charge on any atom is -0.395 e. The van der Waals surface area contributed by atoms with Gasteiger partial charge in [-0.1, -0.05) is 37.3 Å². The average Bonchev–Trinajstić information content (AvgIpc) is 2.88. The van der Waals surface area contributed by atoms with Crippen LogP contribution in [0.1, 0.15) is 26.0 Å². The van der Waals surface area contributed by atoms with Gasteiger partial charge in [0.05, 0.1) is 12.2 Å². The fourth-order valence-electron chi connectivity index (χ4n) is 2.98. The Labute approximate surface area is 131 Å². The Hall–Kier alpha value is -2.10. The molecule has 0 bridgehead atoms. The number of nitrogen functional groups attached to an aromatic ring is 1. The van der Waals surface area contributed by atoms with E-state index in [4.69, 9.17) is 5.73 Å². The first kappa shape index (κ1) is 14.8. The Balaban J connectivity index is 2.07. The van der Waals surface area contributed by atoms with E-state index in [0.717, 1.165) is 29.1 Å². The van der Waals surface area contributed by atoms with Crippen molar-refractivity contribution in [3.8, 4) is 11.1 Å². The van der Waals surface area contributed by atoms with E-state index in [1.165, 1.54) is 0 Å². The molecule has 0 aliphatic carbocycles. The third-order valence-corrected chi connectivity index (χ3v) is 4.26. The molecule has 2 N–H and O–H groups in total. The maximum Gasteiger partial charge on any atom is 0.152 e. The zero-order valence-electron chi connectivity index (χ0n) is 13.1. The maximum atomic E-state index is 14.2. The van der Waals surface area contributed by atoms with E-state index in [-0.39, 0.29) is 0 Å². The van der Waals surface area contributed by atoms with Crippen LogP contribution in [0.3, 0.4) is 0 Å². The minimum atomic E-state index is -1.16. The molecule has 1 fully saturated rings. The molecule has 1 atom stereocenters. The SMILES string of the molecule is CCc1cc(-c2ccccc2)c(N)c(N2CCC(C)(F)C2)n1. The van der Waals surface area contributed by atoms with Gasteiger partial charge < -0.3 is 10.6 Å². The van der Waals surface area contributed by atoms with Crippen LogP contribution in [-0.4, -0.2) is 23.7 Å². The second kappa shape index (κ2) is 5.59. The highest BCUT2D eigenvalue weighted by atomic mass is 19.1. The minimum absolute atomic E-state index is 0.353. The van der Waals surface area contributed by atoms with Crippen LogP contribution in [0.2, 0.25) is 0 Å². The summed E-state index contributed by atoms with van der Waals surface area (Å²) in [5.41, 5.74) is 8.89. The van der Waals surface area contributed by atoms with Gasteiger partial charge in [0, 0.05) is 24.2 Å². The first-order valence-corrected chi connectivity index (χ1v) is 7.79. The monoisotopic (exact) mass is 299 g/mol. The van der Waals surface area contributed by atoms with Crippen LogP contribution >= 0.6 is 0 Å². The molecule has 1 unspecified atom stereocenters. The number of rotatable bonds is 3. The molecule has 1 saturated heterocycles. The lowest BCUT2D eigenvalue weighted by molar-refractivity contribution is 0.221. The standard InChI is InChI=1S/C18H22FN3/c1-3-14-11-15(13-7-5-4-6-8-13)16(20)17(21-14)22-10-9-18(2,19)12-22/h4-8,11H,3,9-10,12,20H2,1-2H3. The number of hydrogen-bond donors (Lipinski definition) is 1. The summed E-state index contributed by atoms with van der Waals surface area (Å²) < 4.78 is 14.2. The zero-order chi connectivity index (χ0) is 15.7. The molecule has 22 heavy (non-hydrogen) atoms. The number of benzene rings is 1. The summed E-state index contributed by atoms with van der Waals surface area (Å²) in [6.07, 6.45) is 1.35. The predicted octanol–water partition coefficient (Wildman–Crippen LogP) is 3.83. The number of pyridine rings is 1. The number of hydrogen-bond acceptors (Lipinski definition) is 3. The topological polar surface area (TPSA) is 42.1 Å². The number of nitrogens with two attached hydrogens (primary N) is 1. The average molecular weight is 299 g/mol. The highest BCUT2D eigenvalue weighted by Crippen LogP contribution is 2.37. The summed E-state index contributed by atoms with van der Waals surface area (Å²) in [5, 5.41) is 0. The van der Waals surface area contributed by atoms with Crippen molar-refractivity contribution in [3.63, 3.8) is 0 Å². The smallest absolute Gasteiger partial charge is 0.152 e. The molecule has 116 valence electrons. The van der Waals surface area contributed by atoms with Crippen LogP contribution in [0.5, 0.6) is 0 Å². The second-order valence-corrected chi connectivity index (χ2v) is 6.20. The Morgan fingerprint density at radius 1 is 1.32 bits per heavy atom. The third kappa shape index (κ3) is 2.78. The number of aromatic nitrogens is 1. The van der Waals surface area contributed by atoms with Gasteiger partial charge in [-0.15, -0.1) is 0 Å². The third-order valence-electron chi connectivity index (χ3n) is 4.26. The largest absolute Gasteiger partial charge is 0.395 e. The molecule has 3 rings (SSSR count). The summed E-state index contributed by atoms with van der Waals surface area (Å²) in [5.74, 6) is 0.722. The van der Waals surface area contributed by atoms with E-state index in [9.17, 15) is 4.39 Å². The first-order valence-electron chi connectivity index (χ1n) is 7.79. The van der Waals surface area contributed by atoms with Crippen molar-refractivity contribution in [2.24, 2.45) is 0 Å². The molecule has 1 aliphatic rings. The van der Waals surface area contributed by atoms with Crippen molar-refractivity contribution in [1.29, 1.82) is 0 Å². The van der Waals surface area contributed by atoms with Crippen LogP contribution in [0.4, 0.5) is 15.9 Å². The predicted molar refractivity (Wildman–Crippen MR) is 89.8 cm³/mol. The molecule has 2 heterocycles. The Bertz CT molecular complexity index is 668. The normalized spacial score (nSPS) is 21.3. The molecule has 2 aromatic rings. The lowest BCUT2D eigenvalue weighted by Gasteiger charge is -2.22. The molecule has 1 aromatic heterocycles. The summed E-state index contributed by atoms with van der Waals surface area (Å²) in [4.78, 5) is 6.63. The van der Waals surface area contributed by atoms with E-state index in [1.54, 1.807) is 6.92 Å². The van der Waals surface area contributed by atoms with E-state index in [2.05, 4.69) is 11.9 Å². The molecular weight excluding hydrogens is 277 g/mol. The van der Waals surface area contributed by atoms with Gasteiger partial charge in [-0.2, -0.15) is 0 Å². The van der Waals surface area contributed by atoms with Gasteiger partial charge in [0.25, 0.3) is 0 Å². The summed E-state index contributed by atoms with van der Waals surface area (Å²) >= 11 is 0. The summed E-state index contributed by atoms with van der Waals surface area (Å²) in [6.45, 7) is 4.72.